The van der Waals surface area contributed by atoms with E-state index in [1.807, 2.05) is 27.7 Å². The zero-order valence-corrected chi connectivity index (χ0v) is 20.1. The fourth-order valence-corrected chi connectivity index (χ4v) is 4.43. The second-order valence-electron chi connectivity index (χ2n) is 7.49. The van der Waals surface area contributed by atoms with E-state index in [1.54, 1.807) is 0 Å². The van der Waals surface area contributed by atoms with Crippen LogP contribution in [-0.2, 0) is 0 Å². The molecule has 0 atom stereocenters. The predicted octanol–water partition coefficient (Wildman–Crippen LogP) is 7.09. The van der Waals surface area contributed by atoms with Crippen molar-refractivity contribution in [1.82, 2.24) is 9.80 Å². The first kappa shape index (κ1) is 27.1. The van der Waals surface area contributed by atoms with Crippen LogP contribution < -0.4 is 0 Å². The molecule has 2 heteroatoms. The zero-order chi connectivity index (χ0) is 21.2. The highest BCUT2D eigenvalue weighted by Gasteiger charge is 2.25. The van der Waals surface area contributed by atoms with Crippen LogP contribution in [0, 0.1) is 5.92 Å². The molecule has 0 radical (unpaired) electrons. The maximum Gasteiger partial charge on any atom is 0.0113 e. The molecule has 0 aromatic carbocycles. The van der Waals surface area contributed by atoms with Crippen LogP contribution in [0.1, 0.15) is 86.5 Å². The fourth-order valence-electron chi connectivity index (χ4n) is 4.43. The van der Waals surface area contributed by atoms with Gasteiger partial charge in [0.05, 0.1) is 0 Å². The van der Waals surface area contributed by atoms with Gasteiger partial charge in [-0.3, -0.25) is 4.90 Å². The van der Waals surface area contributed by atoms with Crippen LogP contribution in [0.4, 0.5) is 0 Å². The molecule has 0 N–H and O–H groups in total. The van der Waals surface area contributed by atoms with Gasteiger partial charge in [0.1, 0.15) is 0 Å². The first-order chi connectivity index (χ1) is 13.8. The molecule has 28 heavy (non-hydrogen) atoms. The molecule has 0 bridgehead atoms. The Kier molecular flexibility index (Phi) is 17.6. The molecule has 164 valence electrons. The third kappa shape index (κ3) is 10.1. The second-order valence-corrected chi connectivity index (χ2v) is 7.49. The van der Waals surface area contributed by atoms with Crippen molar-refractivity contribution < 1.29 is 0 Å². The maximum absolute atomic E-state index is 4.04. The van der Waals surface area contributed by atoms with Crippen LogP contribution in [0.2, 0.25) is 0 Å². The van der Waals surface area contributed by atoms with Crippen molar-refractivity contribution >= 4 is 0 Å². The van der Waals surface area contributed by atoms with Crippen molar-refractivity contribution in [3.05, 3.63) is 36.5 Å². The van der Waals surface area contributed by atoms with Gasteiger partial charge in [-0.2, -0.15) is 0 Å². The SMILES string of the molecule is C=C/C(=C\C=C/C)C1CCCC(N2CCN(CCC)CC2)CCC1.CC.CC. The van der Waals surface area contributed by atoms with E-state index in [2.05, 4.69) is 54.5 Å². The smallest absolute Gasteiger partial charge is 0.0113 e. The number of piperazine rings is 1. The van der Waals surface area contributed by atoms with E-state index >= 15 is 0 Å². The predicted molar refractivity (Wildman–Crippen MR) is 129 cm³/mol. The molecule has 1 saturated carbocycles. The van der Waals surface area contributed by atoms with Crippen LogP contribution >= 0.6 is 0 Å². The highest BCUT2D eigenvalue weighted by atomic mass is 15.3. The molecule has 2 fully saturated rings. The normalized spacial score (nSPS) is 25.0. The summed E-state index contributed by atoms with van der Waals surface area (Å²) in [6.07, 6.45) is 18.1. The Morgan fingerprint density at radius 1 is 0.929 bits per heavy atom. The van der Waals surface area contributed by atoms with Gasteiger partial charge < -0.3 is 4.90 Å². The maximum atomic E-state index is 4.04. The van der Waals surface area contributed by atoms with Gasteiger partial charge in [-0.05, 0) is 57.1 Å². The van der Waals surface area contributed by atoms with E-state index in [1.165, 1.54) is 83.2 Å². The number of nitrogens with zero attached hydrogens (tertiary/aromatic N) is 2. The third-order valence-electron chi connectivity index (χ3n) is 5.83. The van der Waals surface area contributed by atoms with Crippen LogP contribution in [0.25, 0.3) is 0 Å². The molecule has 0 spiro atoms. The highest BCUT2D eigenvalue weighted by Crippen LogP contribution is 2.30. The molecule has 1 heterocycles. The number of hydrogen-bond donors (Lipinski definition) is 0. The van der Waals surface area contributed by atoms with E-state index in [9.17, 15) is 0 Å². The van der Waals surface area contributed by atoms with E-state index in [0.29, 0.717) is 0 Å². The topological polar surface area (TPSA) is 6.48 Å². The van der Waals surface area contributed by atoms with Gasteiger partial charge in [-0.1, -0.05) is 78.3 Å². The average Bonchev–Trinajstić information content (AvgIpc) is 2.73. The Labute approximate surface area is 177 Å². The molecule has 2 nitrogen and oxygen atoms in total. The fraction of sp³-hybridized carbons (Fsp3) is 0.769. The number of rotatable bonds is 6. The van der Waals surface area contributed by atoms with Crippen LogP contribution in [0.5, 0.6) is 0 Å². The van der Waals surface area contributed by atoms with Crippen molar-refractivity contribution in [2.24, 2.45) is 5.92 Å². The molecular weight excluding hydrogens is 340 g/mol. The minimum absolute atomic E-state index is 0.723. The lowest BCUT2D eigenvalue weighted by Gasteiger charge is -2.40. The Morgan fingerprint density at radius 2 is 1.50 bits per heavy atom. The van der Waals surface area contributed by atoms with Crippen LogP contribution in [-0.4, -0.2) is 48.6 Å². The molecule has 0 aromatic rings. The molecule has 2 rings (SSSR count). The molecule has 1 aliphatic carbocycles. The molecule has 0 aromatic heterocycles. The molecule has 0 unspecified atom stereocenters. The Bertz CT molecular complexity index is 406. The summed E-state index contributed by atoms with van der Waals surface area (Å²) in [5.74, 6) is 0.723. The lowest BCUT2D eigenvalue weighted by Crippen LogP contribution is -2.50. The quantitative estimate of drug-likeness (QED) is 0.446. The van der Waals surface area contributed by atoms with Crippen molar-refractivity contribution in [1.29, 1.82) is 0 Å². The van der Waals surface area contributed by atoms with Crippen molar-refractivity contribution in [2.45, 2.75) is 92.5 Å². The monoisotopic (exact) mass is 390 g/mol. The molecular formula is C26H50N2. The summed E-state index contributed by atoms with van der Waals surface area (Å²) in [6, 6.07) is 0.835. The largest absolute Gasteiger partial charge is 0.301 e. The van der Waals surface area contributed by atoms with E-state index in [0.717, 1.165) is 12.0 Å². The summed E-state index contributed by atoms with van der Waals surface area (Å²) >= 11 is 0. The van der Waals surface area contributed by atoms with Gasteiger partial charge in [0.2, 0.25) is 0 Å². The van der Waals surface area contributed by atoms with Crippen molar-refractivity contribution in [3.63, 3.8) is 0 Å². The number of allylic oxidation sites excluding steroid dienone is 5. The van der Waals surface area contributed by atoms with Crippen LogP contribution in [0.15, 0.2) is 36.5 Å². The first-order valence-electron chi connectivity index (χ1n) is 12.2. The Balaban J connectivity index is 0.00000171. The standard InChI is InChI=1S/C22H38N2.2C2H6/c1-4-7-10-20(6-3)21-11-8-13-22(14-9-12-21)24-18-16-23(15-5-2)17-19-24;2*1-2/h4,6-7,10,21-22H,3,5,8-9,11-19H2,1-2H3;2*1-2H3/b7-4-,20-10+;;. The summed E-state index contributed by atoms with van der Waals surface area (Å²) < 4.78 is 0. The molecule has 1 saturated heterocycles. The highest BCUT2D eigenvalue weighted by molar-refractivity contribution is 5.24. The van der Waals surface area contributed by atoms with Crippen molar-refractivity contribution in [2.75, 3.05) is 32.7 Å². The van der Waals surface area contributed by atoms with Gasteiger partial charge in [0, 0.05) is 32.2 Å². The lowest BCUT2D eigenvalue weighted by atomic mass is 9.83. The van der Waals surface area contributed by atoms with Gasteiger partial charge in [-0.25, -0.2) is 0 Å². The molecule has 0 amide bonds. The summed E-state index contributed by atoms with van der Waals surface area (Å²) in [5, 5.41) is 0. The van der Waals surface area contributed by atoms with Gasteiger partial charge in [-0.15, -0.1) is 0 Å². The second kappa shape index (κ2) is 18.2. The Morgan fingerprint density at radius 3 is 1.96 bits per heavy atom. The number of hydrogen-bond acceptors (Lipinski definition) is 2. The third-order valence-corrected chi connectivity index (χ3v) is 5.83. The van der Waals surface area contributed by atoms with Crippen LogP contribution in [0.3, 0.4) is 0 Å². The van der Waals surface area contributed by atoms with Gasteiger partial charge >= 0.3 is 0 Å². The minimum Gasteiger partial charge on any atom is -0.301 e. The van der Waals surface area contributed by atoms with Gasteiger partial charge in [0.25, 0.3) is 0 Å². The van der Waals surface area contributed by atoms with E-state index in [-0.39, 0.29) is 0 Å². The summed E-state index contributed by atoms with van der Waals surface area (Å²) in [5.41, 5.74) is 1.44. The van der Waals surface area contributed by atoms with Gasteiger partial charge in [0.15, 0.2) is 0 Å². The lowest BCUT2D eigenvalue weighted by molar-refractivity contribution is 0.0823. The summed E-state index contributed by atoms with van der Waals surface area (Å²) in [4.78, 5) is 5.43. The minimum atomic E-state index is 0.723. The van der Waals surface area contributed by atoms with E-state index in [4.69, 9.17) is 0 Å². The first-order valence-corrected chi connectivity index (χ1v) is 12.2. The summed E-state index contributed by atoms with van der Waals surface area (Å²) in [6.45, 7) is 22.8. The molecule has 2 aliphatic rings. The average molecular weight is 391 g/mol. The summed E-state index contributed by atoms with van der Waals surface area (Å²) in [7, 11) is 0. The zero-order valence-electron chi connectivity index (χ0n) is 20.1. The Hall–Kier alpha value is -0.860. The van der Waals surface area contributed by atoms with E-state index < -0.39 is 0 Å². The molecule has 1 aliphatic heterocycles. The van der Waals surface area contributed by atoms with Crippen molar-refractivity contribution in [3.8, 4) is 0 Å².